The van der Waals surface area contributed by atoms with Crippen LogP contribution in [-0.4, -0.2) is 59.0 Å². The summed E-state index contributed by atoms with van der Waals surface area (Å²) in [6.07, 6.45) is 2.54. The fourth-order valence-electron chi connectivity index (χ4n) is 6.17. The Balaban J connectivity index is 2.20. The van der Waals surface area contributed by atoms with Crippen molar-refractivity contribution in [1.29, 1.82) is 0 Å². The van der Waals surface area contributed by atoms with Gasteiger partial charge in [0.2, 0.25) is 0 Å². The summed E-state index contributed by atoms with van der Waals surface area (Å²) in [4.78, 5) is 49.9. The molecule has 1 unspecified atom stereocenters. The molecule has 1 aromatic carbocycles. The predicted octanol–water partition coefficient (Wildman–Crippen LogP) is 4.96. The zero-order valence-electron chi connectivity index (χ0n) is 25.8. The molecule has 1 N–H and O–H groups in total. The Morgan fingerprint density at radius 2 is 1.48 bits per heavy atom. The summed E-state index contributed by atoms with van der Waals surface area (Å²) in [5.74, 6) is -3.71. The normalized spacial score (nSPS) is 34.7. The molecule has 1 saturated carbocycles. The third kappa shape index (κ3) is 7.68. The third-order valence-electron chi connectivity index (χ3n) is 8.31. The quantitative estimate of drug-likeness (QED) is 0.290. The van der Waals surface area contributed by atoms with Crippen LogP contribution >= 0.6 is 0 Å². The smallest absolute Gasteiger partial charge is 0.338 e. The zero-order valence-corrected chi connectivity index (χ0v) is 25.8. The number of hydrogen-bond donors (Lipinski definition) is 1. The number of aliphatic hydroxyl groups is 1. The SMILES string of the molecule is CC(=O)OC1C[C@@H](OC(C)=O)/C(C)=C/[C@H]2[C@@H](OC(=O)c3ccccc3)[C@@H](C)C[C@]2(O)[C@@H](OC(C)=O)[C@@H](C)/C=C\C1(C)C. The van der Waals surface area contributed by atoms with Gasteiger partial charge in [0, 0.05) is 44.4 Å². The average molecular weight is 585 g/mol. The fourth-order valence-corrected chi connectivity index (χ4v) is 6.17. The Morgan fingerprint density at radius 1 is 0.881 bits per heavy atom. The van der Waals surface area contributed by atoms with Crippen molar-refractivity contribution in [3.05, 3.63) is 59.7 Å². The molecule has 2 aliphatic carbocycles. The summed E-state index contributed by atoms with van der Waals surface area (Å²) in [6.45, 7) is 13.2. The Kier molecular flexibility index (Phi) is 10.4. The molecule has 1 fully saturated rings. The average Bonchev–Trinajstić information content (AvgIpc) is 3.13. The minimum atomic E-state index is -1.63. The van der Waals surface area contributed by atoms with Crippen molar-refractivity contribution in [3.8, 4) is 0 Å². The molecule has 0 radical (unpaired) electrons. The zero-order chi connectivity index (χ0) is 31.4. The first-order valence-corrected chi connectivity index (χ1v) is 14.4. The second-order valence-electron chi connectivity index (χ2n) is 12.3. The third-order valence-corrected chi connectivity index (χ3v) is 8.31. The molecule has 9 nitrogen and oxygen atoms in total. The van der Waals surface area contributed by atoms with Crippen LogP contribution in [-0.2, 0) is 33.3 Å². The van der Waals surface area contributed by atoms with E-state index in [1.54, 1.807) is 43.3 Å². The standard InChI is InChI=1S/C33H44O9/c1-19-14-15-32(7,8)28(40-23(5)35)17-27(39-22(4)34)20(2)16-26-29(42-31(37)25-12-10-9-11-13-25)21(3)18-33(26,38)30(19)41-24(6)36/h9-16,19,21,26-30,38H,17-18H2,1-8H3/b15-14-,20-16+/t19-,21-,26-,27+,28?,29-,30-,33+/m0/s1. The molecule has 2 aliphatic rings. The largest absolute Gasteiger partial charge is 0.461 e. The molecule has 0 aliphatic heterocycles. The monoisotopic (exact) mass is 584 g/mol. The van der Waals surface area contributed by atoms with E-state index in [0.29, 0.717) is 11.1 Å². The maximum Gasteiger partial charge on any atom is 0.338 e. The maximum absolute atomic E-state index is 13.2. The summed E-state index contributed by atoms with van der Waals surface area (Å²) >= 11 is 0. The first-order valence-electron chi connectivity index (χ1n) is 14.4. The lowest BCUT2D eigenvalue weighted by atomic mass is 9.75. The molecule has 0 aromatic heterocycles. The van der Waals surface area contributed by atoms with E-state index in [0.717, 1.165) is 0 Å². The molecular formula is C33H44O9. The second-order valence-corrected chi connectivity index (χ2v) is 12.3. The number of esters is 4. The van der Waals surface area contributed by atoms with Gasteiger partial charge in [-0.2, -0.15) is 0 Å². The van der Waals surface area contributed by atoms with Crippen molar-refractivity contribution in [3.63, 3.8) is 0 Å². The molecule has 0 saturated heterocycles. The molecule has 0 heterocycles. The van der Waals surface area contributed by atoms with Crippen LogP contribution in [0.3, 0.4) is 0 Å². The van der Waals surface area contributed by atoms with E-state index in [1.807, 2.05) is 39.8 Å². The highest BCUT2D eigenvalue weighted by molar-refractivity contribution is 5.89. The Hall–Kier alpha value is -3.46. The van der Waals surface area contributed by atoms with Gasteiger partial charge in [0.05, 0.1) is 5.56 Å². The van der Waals surface area contributed by atoms with Crippen LogP contribution in [0.4, 0.5) is 0 Å². The number of carbonyl (C=O) groups excluding carboxylic acids is 4. The van der Waals surface area contributed by atoms with Gasteiger partial charge in [0.1, 0.15) is 30.0 Å². The van der Waals surface area contributed by atoms with E-state index in [9.17, 15) is 24.3 Å². The van der Waals surface area contributed by atoms with Crippen LogP contribution in [0.25, 0.3) is 0 Å². The summed E-state index contributed by atoms with van der Waals surface area (Å²) in [5, 5.41) is 12.5. The van der Waals surface area contributed by atoms with E-state index < -0.39 is 71.1 Å². The predicted molar refractivity (Wildman–Crippen MR) is 155 cm³/mol. The van der Waals surface area contributed by atoms with Crippen molar-refractivity contribution in [1.82, 2.24) is 0 Å². The molecule has 9 heteroatoms. The number of carbonyl (C=O) groups is 4. The van der Waals surface area contributed by atoms with Gasteiger partial charge in [0.25, 0.3) is 0 Å². The van der Waals surface area contributed by atoms with Gasteiger partial charge in [0.15, 0.2) is 0 Å². The van der Waals surface area contributed by atoms with Gasteiger partial charge in [-0.05, 0) is 37.0 Å². The highest BCUT2D eigenvalue weighted by Crippen LogP contribution is 2.48. The van der Waals surface area contributed by atoms with Crippen molar-refractivity contribution >= 4 is 23.9 Å². The van der Waals surface area contributed by atoms with Gasteiger partial charge >= 0.3 is 23.9 Å². The van der Waals surface area contributed by atoms with E-state index in [1.165, 1.54) is 20.8 Å². The van der Waals surface area contributed by atoms with Crippen molar-refractivity contribution in [2.24, 2.45) is 23.2 Å². The molecule has 8 atom stereocenters. The van der Waals surface area contributed by atoms with Crippen LogP contribution in [0.2, 0.25) is 0 Å². The van der Waals surface area contributed by atoms with Crippen LogP contribution in [0.5, 0.6) is 0 Å². The number of ether oxygens (including phenoxy) is 4. The first-order chi connectivity index (χ1) is 19.5. The minimum Gasteiger partial charge on any atom is -0.461 e. The molecule has 0 amide bonds. The Bertz CT molecular complexity index is 1220. The summed E-state index contributed by atoms with van der Waals surface area (Å²) < 4.78 is 23.3. The highest BCUT2D eigenvalue weighted by atomic mass is 16.6. The van der Waals surface area contributed by atoms with E-state index in [-0.39, 0.29) is 18.8 Å². The van der Waals surface area contributed by atoms with E-state index in [2.05, 4.69) is 0 Å². The van der Waals surface area contributed by atoms with Crippen LogP contribution in [0, 0.1) is 23.2 Å². The first kappa shape index (κ1) is 33.0. The summed E-state index contributed by atoms with van der Waals surface area (Å²) in [6, 6.07) is 8.57. The topological polar surface area (TPSA) is 125 Å². The number of benzene rings is 1. The van der Waals surface area contributed by atoms with Crippen LogP contribution in [0.1, 0.15) is 78.6 Å². The van der Waals surface area contributed by atoms with Gasteiger partial charge < -0.3 is 24.1 Å². The van der Waals surface area contributed by atoms with Gasteiger partial charge in [-0.15, -0.1) is 0 Å². The number of hydrogen-bond acceptors (Lipinski definition) is 9. The number of rotatable bonds is 5. The Morgan fingerprint density at radius 3 is 2.05 bits per heavy atom. The van der Waals surface area contributed by atoms with Crippen LogP contribution < -0.4 is 0 Å². The molecule has 42 heavy (non-hydrogen) atoms. The van der Waals surface area contributed by atoms with Crippen molar-refractivity contribution in [2.75, 3.05) is 0 Å². The van der Waals surface area contributed by atoms with Gasteiger partial charge in [-0.1, -0.05) is 64.1 Å². The maximum atomic E-state index is 13.2. The van der Waals surface area contributed by atoms with E-state index in [4.69, 9.17) is 18.9 Å². The molecule has 0 spiro atoms. The van der Waals surface area contributed by atoms with Crippen molar-refractivity contribution < 1.29 is 43.2 Å². The summed E-state index contributed by atoms with van der Waals surface area (Å²) in [7, 11) is 0. The Labute approximate surface area is 248 Å². The van der Waals surface area contributed by atoms with Crippen LogP contribution in [0.15, 0.2) is 54.1 Å². The van der Waals surface area contributed by atoms with Crippen molar-refractivity contribution in [2.45, 2.75) is 98.2 Å². The highest BCUT2D eigenvalue weighted by Gasteiger charge is 2.58. The lowest BCUT2D eigenvalue weighted by Crippen LogP contribution is -2.52. The molecular weight excluding hydrogens is 540 g/mol. The fraction of sp³-hybridized carbons (Fsp3) is 0.576. The second kappa shape index (κ2) is 13.2. The lowest BCUT2D eigenvalue weighted by Gasteiger charge is -2.41. The molecule has 1 aromatic rings. The molecule has 3 rings (SSSR count). The van der Waals surface area contributed by atoms with E-state index >= 15 is 0 Å². The summed E-state index contributed by atoms with van der Waals surface area (Å²) in [5.41, 5.74) is -1.39. The molecule has 230 valence electrons. The van der Waals surface area contributed by atoms with Gasteiger partial charge in [-0.25, -0.2) is 4.79 Å². The lowest BCUT2D eigenvalue weighted by molar-refractivity contribution is -0.173. The van der Waals surface area contributed by atoms with Gasteiger partial charge in [-0.3, -0.25) is 14.4 Å². The molecule has 0 bridgehead atoms. The minimum absolute atomic E-state index is 0.162. The number of fused-ring (bicyclic) bond motifs is 1.